The lowest BCUT2D eigenvalue weighted by Crippen LogP contribution is -2.47. The molecule has 0 saturated carbocycles. The van der Waals surface area contributed by atoms with Gasteiger partial charge in [-0.05, 0) is 44.9 Å². The molecule has 0 bridgehead atoms. The number of hydrogen-bond acceptors (Lipinski definition) is 3. The molecule has 0 aliphatic carbocycles. The Labute approximate surface area is 139 Å². The number of carbonyl (C=O) groups excluding carboxylic acids is 1. The number of ether oxygens (including phenoxy) is 1. The summed E-state index contributed by atoms with van der Waals surface area (Å²) in [6.07, 6.45) is -5.25. The Morgan fingerprint density at radius 3 is 2.25 bits per heavy atom. The minimum Gasteiger partial charge on any atom is -0.444 e. The second-order valence-corrected chi connectivity index (χ2v) is 7.01. The summed E-state index contributed by atoms with van der Waals surface area (Å²) in [5, 5.41) is 10.3. The van der Waals surface area contributed by atoms with Crippen molar-refractivity contribution in [2.24, 2.45) is 0 Å². The van der Waals surface area contributed by atoms with E-state index in [4.69, 9.17) is 4.74 Å². The first-order valence-corrected chi connectivity index (χ1v) is 7.80. The Morgan fingerprint density at radius 2 is 1.79 bits per heavy atom. The van der Waals surface area contributed by atoms with E-state index in [0.717, 1.165) is 12.1 Å². The molecule has 0 unspecified atom stereocenters. The third kappa shape index (κ3) is 4.63. The molecule has 24 heavy (non-hydrogen) atoms. The van der Waals surface area contributed by atoms with Gasteiger partial charge in [0, 0.05) is 12.5 Å². The molecule has 7 heteroatoms. The molecule has 1 amide bonds. The van der Waals surface area contributed by atoms with Crippen molar-refractivity contribution >= 4 is 6.09 Å². The normalized spacial score (nSPS) is 22.4. The third-order valence-corrected chi connectivity index (χ3v) is 3.90. The van der Waals surface area contributed by atoms with Gasteiger partial charge in [-0.2, -0.15) is 13.2 Å². The van der Waals surface area contributed by atoms with Crippen LogP contribution in [0.15, 0.2) is 24.3 Å². The number of rotatable bonds is 1. The fraction of sp³-hybridized carbons (Fsp3) is 0.588. The van der Waals surface area contributed by atoms with E-state index in [0.29, 0.717) is 18.5 Å². The van der Waals surface area contributed by atoms with E-state index >= 15 is 0 Å². The predicted octanol–water partition coefficient (Wildman–Crippen LogP) is 3.79. The van der Waals surface area contributed by atoms with Crippen LogP contribution in [0, 0.1) is 0 Å². The average Bonchev–Trinajstić information content (AvgIpc) is 2.44. The van der Waals surface area contributed by atoms with Gasteiger partial charge in [-0.15, -0.1) is 0 Å². The van der Waals surface area contributed by atoms with Gasteiger partial charge in [-0.25, -0.2) is 4.79 Å². The minimum atomic E-state index is -4.38. The number of aliphatic hydroxyl groups excluding tert-OH is 1. The summed E-state index contributed by atoms with van der Waals surface area (Å²) in [5.74, 6) is -0.300. The number of alkyl halides is 3. The molecule has 2 atom stereocenters. The number of β-amino-alcohol motifs (C(OH)–C–C–N with tert-alkyl or cyclic N) is 1. The zero-order valence-electron chi connectivity index (χ0n) is 13.9. The molecule has 1 fully saturated rings. The first-order valence-electron chi connectivity index (χ1n) is 7.80. The monoisotopic (exact) mass is 345 g/mol. The van der Waals surface area contributed by atoms with Gasteiger partial charge in [0.2, 0.25) is 0 Å². The molecule has 1 N–H and O–H groups in total. The zero-order chi connectivity index (χ0) is 18.1. The highest BCUT2D eigenvalue weighted by Gasteiger charge is 2.34. The number of halogens is 3. The molecule has 1 aromatic carbocycles. The molecule has 1 aliphatic heterocycles. The summed E-state index contributed by atoms with van der Waals surface area (Å²) < 4.78 is 43.1. The highest BCUT2D eigenvalue weighted by molar-refractivity contribution is 5.68. The van der Waals surface area contributed by atoms with E-state index in [2.05, 4.69) is 0 Å². The maximum absolute atomic E-state index is 12.6. The summed E-state index contributed by atoms with van der Waals surface area (Å²) in [5.41, 5.74) is -0.696. The topological polar surface area (TPSA) is 49.8 Å². The Balaban J connectivity index is 2.02. The zero-order valence-corrected chi connectivity index (χ0v) is 13.9. The molecule has 0 aromatic heterocycles. The lowest BCUT2D eigenvalue weighted by Gasteiger charge is -2.37. The molecule has 4 nitrogen and oxygen atoms in total. The van der Waals surface area contributed by atoms with Crippen molar-refractivity contribution in [2.45, 2.75) is 51.0 Å². The van der Waals surface area contributed by atoms with Crippen LogP contribution in [-0.2, 0) is 10.9 Å². The van der Waals surface area contributed by atoms with E-state index in [1.54, 1.807) is 20.8 Å². The van der Waals surface area contributed by atoms with Crippen LogP contribution in [-0.4, -0.2) is 40.9 Å². The van der Waals surface area contributed by atoms with E-state index in [-0.39, 0.29) is 12.5 Å². The Hall–Kier alpha value is -1.76. The first-order chi connectivity index (χ1) is 11.0. The van der Waals surface area contributed by atoms with Gasteiger partial charge < -0.3 is 14.7 Å². The van der Waals surface area contributed by atoms with Gasteiger partial charge in [0.1, 0.15) is 5.60 Å². The van der Waals surface area contributed by atoms with E-state index in [9.17, 15) is 23.1 Å². The molecular formula is C17H22F3NO3. The highest BCUT2D eigenvalue weighted by atomic mass is 19.4. The Kier molecular flexibility index (Phi) is 5.13. The van der Waals surface area contributed by atoms with Crippen molar-refractivity contribution in [2.75, 3.05) is 13.1 Å². The maximum atomic E-state index is 12.6. The lowest BCUT2D eigenvalue weighted by molar-refractivity contribution is -0.137. The molecule has 1 aromatic rings. The number of carbonyl (C=O) groups is 1. The van der Waals surface area contributed by atoms with Crippen molar-refractivity contribution in [3.8, 4) is 0 Å². The van der Waals surface area contributed by atoms with Gasteiger partial charge >= 0.3 is 12.3 Å². The fourth-order valence-electron chi connectivity index (χ4n) is 2.73. The molecule has 1 aliphatic rings. The van der Waals surface area contributed by atoms with Crippen LogP contribution in [0.5, 0.6) is 0 Å². The van der Waals surface area contributed by atoms with Crippen molar-refractivity contribution < 1.29 is 27.8 Å². The number of hydrogen-bond donors (Lipinski definition) is 1. The molecule has 1 saturated heterocycles. The van der Waals surface area contributed by atoms with Gasteiger partial charge in [0.25, 0.3) is 0 Å². The highest BCUT2D eigenvalue weighted by Crippen LogP contribution is 2.33. The van der Waals surface area contributed by atoms with E-state index < -0.39 is 29.5 Å². The van der Waals surface area contributed by atoms with E-state index in [1.165, 1.54) is 17.0 Å². The van der Waals surface area contributed by atoms with Crippen molar-refractivity contribution in [1.29, 1.82) is 0 Å². The summed E-state index contributed by atoms with van der Waals surface area (Å²) in [6, 6.07) is 4.81. The van der Waals surface area contributed by atoms with Crippen LogP contribution in [0.4, 0.5) is 18.0 Å². The van der Waals surface area contributed by atoms with Crippen molar-refractivity contribution in [1.82, 2.24) is 4.90 Å². The summed E-state index contributed by atoms with van der Waals surface area (Å²) >= 11 is 0. The van der Waals surface area contributed by atoms with Gasteiger partial charge in [-0.3, -0.25) is 0 Å². The summed E-state index contributed by atoms with van der Waals surface area (Å²) in [4.78, 5) is 13.5. The molecule has 2 rings (SSSR count). The number of benzene rings is 1. The molecule has 0 spiro atoms. The van der Waals surface area contributed by atoms with Crippen LogP contribution in [0.2, 0.25) is 0 Å². The molecular weight excluding hydrogens is 323 g/mol. The number of nitrogens with zero attached hydrogens (tertiary/aromatic N) is 1. The van der Waals surface area contributed by atoms with Crippen molar-refractivity contribution in [3.63, 3.8) is 0 Å². The Bertz CT molecular complexity index is 578. The maximum Gasteiger partial charge on any atom is 0.416 e. The van der Waals surface area contributed by atoms with Gasteiger partial charge in [0.15, 0.2) is 0 Å². The summed E-state index contributed by atoms with van der Waals surface area (Å²) in [7, 11) is 0. The second kappa shape index (κ2) is 6.63. The van der Waals surface area contributed by atoms with E-state index in [1.807, 2.05) is 0 Å². The van der Waals surface area contributed by atoms with Crippen LogP contribution < -0.4 is 0 Å². The van der Waals surface area contributed by atoms with Crippen LogP contribution in [0.1, 0.15) is 44.2 Å². The lowest BCUT2D eigenvalue weighted by atomic mass is 9.87. The van der Waals surface area contributed by atoms with Crippen LogP contribution in [0.3, 0.4) is 0 Å². The Morgan fingerprint density at radius 1 is 1.21 bits per heavy atom. The summed E-state index contributed by atoms with van der Waals surface area (Å²) in [6.45, 7) is 5.76. The van der Waals surface area contributed by atoms with Gasteiger partial charge in [-0.1, -0.05) is 12.1 Å². The smallest absolute Gasteiger partial charge is 0.416 e. The fourth-order valence-corrected chi connectivity index (χ4v) is 2.73. The number of aliphatic hydroxyl groups is 1. The largest absolute Gasteiger partial charge is 0.444 e. The van der Waals surface area contributed by atoms with Crippen LogP contribution >= 0.6 is 0 Å². The molecule has 1 heterocycles. The number of amides is 1. The third-order valence-electron chi connectivity index (χ3n) is 3.90. The average molecular weight is 345 g/mol. The number of piperidine rings is 1. The second-order valence-electron chi connectivity index (χ2n) is 7.01. The quantitative estimate of drug-likeness (QED) is 0.842. The molecule has 134 valence electrons. The van der Waals surface area contributed by atoms with Crippen molar-refractivity contribution in [3.05, 3.63) is 35.4 Å². The SMILES string of the molecule is CC(C)(C)OC(=O)N1CC[C@H](c2ccc(C(F)(F)F)cc2)[C@H](O)C1. The standard InChI is InChI=1S/C17H22F3NO3/c1-16(2,3)24-15(23)21-9-8-13(14(22)10-21)11-4-6-12(7-5-11)17(18,19)20/h4-7,13-14,22H,8-10H2,1-3H3/t13-,14-/m1/s1. The predicted molar refractivity (Wildman–Crippen MR) is 82.6 cm³/mol. The minimum absolute atomic E-state index is 0.0978. The molecule has 0 radical (unpaired) electrons. The first kappa shape index (κ1) is 18.6. The van der Waals surface area contributed by atoms with Gasteiger partial charge in [0.05, 0.1) is 18.2 Å². The number of likely N-dealkylation sites (tertiary alicyclic amines) is 1. The van der Waals surface area contributed by atoms with Crippen LogP contribution in [0.25, 0.3) is 0 Å².